The molecule has 1 heterocycles. The lowest BCUT2D eigenvalue weighted by Crippen LogP contribution is -2.67. The van der Waals surface area contributed by atoms with Gasteiger partial charge in [-0.05, 0) is 47.6 Å². The Kier molecular flexibility index (Phi) is 5.28. The van der Waals surface area contributed by atoms with E-state index >= 15 is 0 Å². The van der Waals surface area contributed by atoms with Crippen LogP contribution in [0.5, 0.6) is 0 Å². The van der Waals surface area contributed by atoms with Crippen molar-refractivity contribution >= 4 is 18.7 Å². The lowest BCUT2D eigenvalue weighted by atomic mass is 10.2. The summed E-state index contributed by atoms with van der Waals surface area (Å²) in [5.74, 6) is 0. The molecule has 3 heteroatoms. The molecule has 0 N–H and O–H groups in total. The molecule has 4 rings (SSSR count). The molecule has 2 aromatic rings. The highest BCUT2D eigenvalue weighted by Gasteiger charge is 2.51. The molecule has 1 atom stereocenters. The van der Waals surface area contributed by atoms with Crippen molar-refractivity contribution in [3.8, 4) is 0 Å². The molecule has 2 nitrogen and oxygen atoms in total. The predicted molar refractivity (Wildman–Crippen MR) is 116 cm³/mol. The zero-order valence-corrected chi connectivity index (χ0v) is 18.0. The van der Waals surface area contributed by atoms with Gasteiger partial charge in [0.1, 0.15) is 0 Å². The van der Waals surface area contributed by atoms with Crippen LogP contribution < -0.4 is 10.4 Å². The standard InChI is InChI=1S/C24H33NOSi/c1-24(2,3)27(22-12-6-4-7-13-22,23-14-8-5-9-15-23)26-19-21-11-10-18-25(21)20-16-17-20/h4-9,12-15,20-21H,10-11,16-19H2,1-3H3/t21-/m0/s1. The maximum atomic E-state index is 7.16. The highest BCUT2D eigenvalue weighted by molar-refractivity contribution is 6.99. The van der Waals surface area contributed by atoms with Crippen LogP contribution >= 0.6 is 0 Å². The third-order valence-electron chi connectivity index (χ3n) is 6.35. The number of benzene rings is 2. The Labute approximate surface area is 165 Å². The van der Waals surface area contributed by atoms with Gasteiger partial charge in [-0.25, -0.2) is 0 Å². The molecular formula is C24H33NOSi. The molecule has 0 spiro atoms. The van der Waals surface area contributed by atoms with Crippen molar-refractivity contribution < 1.29 is 4.43 Å². The molecule has 0 bridgehead atoms. The van der Waals surface area contributed by atoms with E-state index in [4.69, 9.17) is 4.43 Å². The van der Waals surface area contributed by atoms with Gasteiger partial charge in [0.25, 0.3) is 8.32 Å². The van der Waals surface area contributed by atoms with E-state index in [1.807, 2.05) is 0 Å². The van der Waals surface area contributed by atoms with Crippen LogP contribution in [0.3, 0.4) is 0 Å². The summed E-state index contributed by atoms with van der Waals surface area (Å²) in [4.78, 5) is 2.73. The smallest absolute Gasteiger partial charge is 0.261 e. The van der Waals surface area contributed by atoms with E-state index in [9.17, 15) is 0 Å². The molecule has 0 aromatic heterocycles. The normalized spacial score (nSPS) is 21.5. The Morgan fingerprint density at radius 3 is 1.93 bits per heavy atom. The average Bonchev–Trinajstić information content (AvgIpc) is 3.41. The van der Waals surface area contributed by atoms with Gasteiger partial charge >= 0.3 is 0 Å². The van der Waals surface area contributed by atoms with Crippen molar-refractivity contribution in [2.24, 2.45) is 0 Å². The van der Waals surface area contributed by atoms with Crippen molar-refractivity contribution in [3.05, 3.63) is 60.7 Å². The summed E-state index contributed by atoms with van der Waals surface area (Å²) in [6.45, 7) is 9.23. The topological polar surface area (TPSA) is 12.5 Å². The molecule has 1 saturated carbocycles. The van der Waals surface area contributed by atoms with Crippen molar-refractivity contribution in [1.29, 1.82) is 0 Å². The summed E-state index contributed by atoms with van der Waals surface area (Å²) in [5.41, 5.74) is 0. The van der Waals surface area contributed by atoms with E-state index in [-0.39, 0.29) is 5.04 Å². The van der Waals surface area contributed by atoms with Crippen LogP contribution in [0.1, 0.15) is 46.5 Å². The van der Waals surface area contributed by atoms with Crippen LogP contribution in [0.2, 0.25) is 5.04 Å². The van der Waals surface area contributed by atoms with E-state index < -0.39 is 8.32 Å². The summed E-state index contributed by atoms with van der Waals surface area (Å²) in [6, 6.07) is 23.5. The molecule has 0 radical (unpaired) electrons. The van der Waals surface area contributed by atoms with Gasteiger partial charge in [0, 0.05) is 12.1 Å². The monoisotopic (exact) mass is 379 g/mol. The highest BCUT2D eigenvalue weighted by atomic mass is 28.4. The summed E-state index contributed by atoms with van der Waals surface area (Å²) in [6.07, 6.45) is 5.38. The number of hydrogen-bond donors (Lipinski definition) is 0. The van der Waals surface area contributed by atoms with Gasteiger partial charge in [0.05, 0.1) is 6.61 Å². The van der Waals surface area contributed by atoms with Crippen molar-refractivity contribution in [3.63, 3.8) is 0 Å². The minimum atomic E-state index is -2.39. The third kappa shape index (κ3) is 3.65. The van der Waals surface area contributed by atoms with Crippen LogP contribution in [0.25, 0.3) is 0 Å². The second kappa shape index (κ2) is 7.54. The first-order valence-corrected chi connectivity index (χ1v) is 12.4. The van der Waals surface area contributed by atoms with Crippen LogP contribution in [-0.2, 0) is 4.43 Å². The van der Waals surface area contributed by atoms with Crippen molar-refractivity contribution in [2.75, 3.05) is 13.2 Å². The van der Waals surface area contributed by atoms with Crippen molar-refractivity contribution in [2.45, 2.75) is 63.6 Å². The second-order valence-electron chi connectivity index (χ2n) is 9.24. The van der Waals surface area contributed by atoms with Crippen LogP contribution in [-0.4, -0.2) is 38.5 Å². The van der Waals surface area contributed by atoms with E-state index in [2.05, 4.69) is 86.3 Å². The molecule has 2 fully saturated rings. The minimum Gasteiger partial charge on any atom is -0.406 e. The molecule has 2 aromatic carbocycles. The minimum absolute atomic E-state index is 0.0682. The lowest BCUT2D eigenvalue weighted by Gasteiger charge is -2.44. The Morgan fingerprint density at radius 1 is 0.889 bits per heavy atom. The molecule has 144 valence electrons. The van der Waals surface area contributed by atoms with Gasteiger partial charge in [0.2, 0.25) is 0 Å². The molecule has 1 aliphatic heterocycles. The zero-order chi connectivity index (χ0) is 18.9. The molecule has 27 heavy (non-hydrogen) atoms. The van der Waals surface area contributed by atoms with Crippen LogP contribution in [0, 0.1) is 0 Å². The van der Waals surface area contributed by atoms with Gasteiger partial charge in [-0.15, -0.1) is 0 Å². The van der Waals surface area contributed by atoms with Crippen LogP contribution in [0.15, 0.2) is 60.7 Å². The summed E-state index contributed by atoms with van der Waals surface area (Å²) in [7, 11) is -2.39. The largest absolute Gasteiger partial charge is 0.406 e. The van der Waals surface area contributed by atoms with Gasteiger partial charge in [-0.1, -0.05) is 81.4 Å². The number of nitrogens with zero attached hydrogens (tertiary/aromatic N) is 1. The SMILES string of the molecule is CC(C)(C)[Si](OC[C@@H]1CCCN1C1CC1)(c1ccccc1)c1ccccc1. The fourth-order valence-corrected chi connectivity index (χ4v) is 9.50. The van der Waals surface area contributed by atoms with Gasteiger partial charge in [0.15, 0.2) is 0 Å². The summed E-state index contributed by atoms with van der Waals surface area (Å²) in [5, 5.41) is 2.85. The zero-order valence-electron chi connectivity index (χ0n) is 17.0. The lowest BCUT2D eigenvalue weighted by molar-refractivity contribution is 0.160. The molecule has 1 aliphatic carbocycles. The third-order valence-corrected chi connectivity index (χ3v) is 11.4. The maximum absolute atomic E-state index is 7.16. The molecule has 0 unspecified atom stereocenters. The van der Waals surface area contributed by atoms with Crippen molar-refractivity contribution in [1.82, 2.24) is 4.90 Å². The van der Waals surface area contributed by atoms with Gasteiger partial charge in [-0.2, -0.15) is 0 Å². The Morgan fingerprint density at radius 2 is 1.44 bits per heavy atom. The fourth-order valence-electron chi connectivity index (χ4n) is 4.91. The maximum Gasteiger partial charge on any atom is 0.261 e. The fraction of sp³-hybridized carbons (Fsp3) is 0.500. The average molecular weight is 380 g/mol. The molecule has 1 saturated heterocycles. The first-order chi connectivity index (χ1) is 13.0. The van der Waals surface area contributed by atoms with E-state index in [0.29, 0.717) is 6.04 Å². The number of rotatable bonds is 6. The summed E-state index contributed by atoms with van der Waals surface area (Å²) < 4.78 is 7.16. The summed E-state index contributed by atoms with van der Waals surface area (Å²) >= 11 is 0. The Bertz CT molecular complexity index is 696. The highest BCUT2D eigenvalue weighted by Crippen LogP contribution is 2.38. The quantitative estimate of drug-likeness (QED) is 0.698. The van der Waals surface area contributed by atoms with Gasteiger partial charge < -0.3 is 4.43 Å². The van der Waals surface area contributed by atoms with Crippen LogP contribution in [0.4, 0.5) is 0 Å². The molecular weight excluding hydrogens is 346 g/mol. The number of likely N-dealkylation sites (tertiary alicyclic amines) is 1. The van der Waals surface area contributed by atoms with E-state index in [1.165, 1.54) is 42.6 Å². The van der Waals surface area contributed by atoms with E-state index in [1.54, 1.807) is 0 Å². The Balaban J connectivity index is 1.71. The first kappa shape index (κ1) is 18.9. The molecule has 2 aliphatic rings. The first-order valence-electron chi connectivity index (χ1n) is 10.5. The molecule has 0 amide bonds. The predicted octanol–water partition coefficient (Wildman–Crippen LogP) is 4.19. The van der Waals surface area contributed by atoms with E-state index in [0.717, 1.165) is 12.6 Å². The number of hydrogen-bond acceptors (Lipinski definition) is 2. The van der Waals surface area contributed by atoms with Gasteiger partial charge in [-0.3, -0.25) is 4.90 Å². The second-order valence-corrected chi connectivity index (χ2v) is 13.5. The Hall–Kier alpha value is -1.42.